The van der Waals surface area contributed by atoms with Crippen LogP contribution in [0.3, 0.4) is 0 Å². The van der Waals surface area contributed by atoms with Gasteiger partial charge in [-0.2, -0.15) is 0 Å². The molecule has 0 spiro atoms. The number of anilines is 3. The third-order valence-corrected chi connectivity index (χ3v) is 5.61. The summed E-state index contributed by atoms with van der Waals surface area (Å²) in [6.07, 6.45) is 1.78. The van der Waals surface area contributed by atoms with Crippen LogP contribution in [0.4, 0.5) is 17.2 Å². The van der Waals surface area contributed by atoms with Gasteiger partial charge in [0.05, 0.1) is 17.2 Å². The minimum absolute atomic E-state index is 0.806. The average molecular weight is 654 g/mol. The molecule has 172 valence electrons. The molecule has 6 rings (SSSR count). The normalized spacial score (nSPS) is 10.6. The molecule has 0 aliphatic carbocycles. The average Bonchev–Trinajstić information content (AvgIpc) is 2.95. The molecule has 0 aliphatic rings. The minimum Gasteiger partial charge on any atom is -0.335 e. The summed E-state index contributed by atoms with van der Waals surface area (Å²) in [5.41, 5.74) is 5.49. The number of hydrogen-bond donors (Lipinski definition) is 0. The van der Waals surface area contributed by atoms with Gasteiger partial charge in [0.1, 0.15) is 0 Å². The van der Waals surface area contributed by atoms with E-state index < -0.39 is 0 Å². The standard InChI is InChI=1S/C29H19N4.ClH.Pt/c1-3-9-22(10-4-1)33(23-11-5-2-6-12-23)28-19-16-24-25(31-28)17-14-21-15-18-27(32-29(21)24)26-13-7-8-20-30-26;;/h1-15,17-20H;1H;/q-1;;+2/p-1. The van der Waals surface area contributed by atoms with Gasteiger partial charge in [-0.05, 0) is 58.9 Å². The molecule has 0 saturated carbocycles. The Morgan fingerprint density at radius 2 is 1.31 bits per heavy atom. The van der Waals surface area contributed by atoms with Crippen LogP contribution in [0.25, 0.3) is 33.2 Å². The van der Waals surface area contributed by atoms with E-state index in [1.807, 2.05) is 72.8 Å². The molecule has 6 aromatic rings. The summed E-state index contributed by atoms with van der Waals surface area (Å²) in [6.45, 7) is 0. The minimum atomic E-state index is 0.806. The van der Waals surface area contributed by atoms with Crippen molar-refractivity contribution in [2.45, 2.75) is 0 Å². The van der Waals surface area contributed by atoms with E-state index in [4.69, 9.17) is 9.97 Å². The second kappa shape index (κ2) is 10.8. The maximum Gasteiger partial charge on any atom is 0.0876 e. The number of para-hydroxylation sites is 2. The van der Waals surface area contributed by atoms with Crippen molar-refractivity contribution in [1.82, 2.24) is 15.0 Å². The van der Waals surface area contributed by atoms with Crippen LogP contribution < -0.4 is 4.90 Å². The van der Waals surface area contributed by atoms with Gasteiger partial charge in [-0.1, -0.05) is 66.0 Å². The molecule has 0 aliphatic heterocycles. The Hall–Kier alpha value is -3.59. The molecule has 0 bridgehead atoms. The molecule has 0 atom stereocenters. The third-order valence-electron chi connectivity index (χ3n) is 5.61. The van der Waals surface area contributed by atoms with Gasteiger partial charge in [0.15, 0.2) is 0 Å². The number of nitrogens with zero attached hydrogens (tertiary/aromatic N) is 4. The molecule has 35 heavy (non-hydrogen) atoms. The van der Waals surface area contributed by atoms with Gasteiger partial charge in [0.2, 0.25) is 0 Å². The first-order valence-corrected chi connectivity index (χ1v) is 13.7. The SMILES string of the molecule is [Cl][Pt+].[c-]1cc(N(c2ccccc2)c2ccccc2)nc2ccc3ccc(-c4ccccn4)nc3c12. The van der Waals surface area contributed by atoms with Crippen molar-refractivity contribution in [3.05, 3.63) is 121 Å². The van der Waals surface area contributed by atoms with Crippen molar-refractivity contribution in [2.75, 3.05) is 4.90 Å². The van der Waals surface area contributed by atoms with E-state index in [1.54, 1.807) is 25.0 Å². The van der Waals surface area contributed by atoms with Crippen LogP contribution in [-0.2, 0) is 18.8 Å². The molecular weight excluding hydrogens is 635 g/mol. The second-order valence-electron chi connectivity index (χ2n) is 7.71. The van der Waals surface area contributed by atoms with Gasteiger partial charge in [0.25, 0.3) is 0 Å². The molecule has 0 N–H and O–H groups in total. The zero-order chi connectivity index (χ0) is 24.0. The first kappa shape index (κ1) is 23.2. The predicted molar refractivity (Wildman–Crippen MR) is 140 cm³/mol. The molecule has 0 amide bonds. The van der Waals surface area contributed by atoms with Crippen LogP contribution in [0.15, 0.2) is 115 Å². The van der Waals surface area contributed by atoms with Gasteiger partial charge >= 0.3 is 28.2 Å². The molecule has 3 heterocycles. The summed E-state index contributed by atoms with van der Waals surface area (Å²) in [4.78, 5) is 16.5. The van der Waals surface area contributed by atoms with Crippen molar-refractivity contribution in [3.8, 4) is 11.4 Å². The number of pyridine rings is 3. The number of aromatic nitrogens is 3. The van der Waals surface area contributed by atoms with Crippen LogP contribution in [-0.4, -0.2) is 15.0 Å². The molecule has 0 fully saturated rings. The van der Waals surface area contributed by atoms with Crippen LogP contribution in [0.1, 0.15) is 0 Å². The largest absolute Gasteiger partial charge is 0.335 e. The molecule has 0 saturated heterocycles. The molecular formula is C29H19ClN4Pt. The van der Waals surface area contributed by atoms with Gasteiger partial charge < -0.3 is 9.88 Å². The van der Waals surface area contributed by atoms with E-state index in [-0.39, 0.29) is 0 Å². The Bertz CT molecular complexity index is 1520. The quantitative estimate of drug-likeness (QED) is 0.144. The van der Waals surface area contributed by atoms with E-state index in [0.29, 0.717) is 0 Å². The summed E-state index contributed by atoms with van der Waals surface area (Å²) in [5, 5.41) is 1.95. The first-order chi connectivity index (χ1) is 17.4. The Labute approximate surface area is 219 Å². The van der Waals surface area contributed by atoms with E-state index in [2.05, 4.69) is 61.8 Å². The van der Waals surface area contributed by atoms with Crippen molar-refractivity contribution in [3.63, 3.8) is 0 Å². The number of halogens is 1. The van der Waals surface area contributed by atoms with Crippen LogP contribution in [0.2, 0.25) is 0 Å². The zero-order valence-electron chi connectivity index (χ0n) is 18.5. The maximum absolute atomic E-state index is 5.02. The second-order valence-corrected chi connectivity index (χ2v) is 7.71. The zero-order valence-corrected chi connectivity index (χ0v) is 21.5. The van der Waals surface area contributed by atoms with Gasteiger partial charge in [0, 0.05) is 17.6 Å². The van der Waals surface area contributed by atoms with E-state index >= 15 is 0 Å². The monoisotopic (exact) mass is 653 g/mol. The summed E-state index contributed by atoms with van der Waals surface area (Å²) in [6, 6.07) is 39.9. The maximum atomic E-state index is 5.02. The van der Waals surface area contributed by atoms with Gasteiger partial charge in [-0.3, -0.25) is 9.97 Å². The Morgan fingerprint density at radius 1 is 0.657 bits per heavy atom. The Balaban J connectivity index is 0.00000124. The van der Waals surface area contributed by atoms with Gasteiger partial charge in [-0.15, -0.1) is 12.1 Å². The number of benzene rings is 3. The summed E-state index contributed by atoms with van der Waals surface area (Å²) < 4.78 is 0. The topological polar surface area (TPSA) is 41.9 Å². The molecule has 0 unspecified atom stereocenters. The van der Waals surface area contributed by atoms with E-state index in [0.717, 1.165) is 50.4 Å². The summed E-state index contributed by atoms with van der Waals surface area (Å²) in [5.74, 6) is 0.806. The Morgan fingerprint density at radius 3 is 1.97 bits per heavy atom. The van der Waals surface area contributed by atoms with Crippen LogP contribution in [0.5, 0.6) is 0 Å². The fourth-order valence-electron chi connectivity index (χ4n) is 4.05. The van der Waals surface area contributed by atoms with Crippen molar-refractivity contribution < 1.29 is 18.8 Å². The molecule has 3 aromatic carbocycles. The summed E-state index contributed by atoms with van der Waals surface area (Å²) in [7, 11) is 4.61. The third kappa shape index (κ3) is 4.81. The predicted octanol–water partition coefficient (Wildman–Crippen LogP) is 7.80. The number of hydrogen-bond acceptors (Lipinski definition) is 4. The van der Waals surface area contributed by atoms with Gasteiger partial charge in [-0.25, -0.2) is 0 Å². The first-order valence-electron chi connectivity index (χ1n) is 10.9. The Kier molecular flexibility index (Phi) is 7.13. The fourth-order valence-corrected chi connectivity index (χ4v) is 4.05. The smallest absolute Gasteiger partial charge is 0.0876 e. The molecule has 0 radical (unpaired) electrons. The fraction of sp³-hybridized carbons (Fsp3) is 0. The van der Waals surface area contributed by atoms with Crippen LogP contribution >= 0.6 is 9.42 Å². The van der Waals surface area contributed by atoms with E-state index in [1.165, 1.54) is 0 Å². The van der Waals surface area contributed by atoms with Crippen molar-refractivity contribution in [2.24, 2.45) is 0 Å². The van der Waals surface area contributed by atoms with Crippen molar-refractivity contribution >= 4 is 48.4 Å². The van der Waals surface area contributed by atoms with Crippen molar-refractivity contribution in [1.29, 1.82) is 0 Å². The molecule has 4 nitrogen and oxygen atoms in total. The number of rotatable bonds is 4. The number of fused-ring (bicyclic) bond motifs is 3. The summed E-state index contributed by atoms with van der Waals surface area (Å²) >= 11 is 1.61. The molecule has 6 heteroatoms. The van der Waals surface area contributed by atoms with Crippen LogP contribution in [0, 0.1) is 6.07 Å². The van der Waals surface area contributed by atoms with E-state index in [9.17, 15) is 0 Å². The molecule has 3 aromatic heterocycles.